The molecule has 0 heterocycles. The van der Waals surface area contributed by atoms with Gasteiger partial charge in [-0.3, -0.25) is 10.1 Å². The molecule has 10 heteroatoms. The number of amides is 3. The molecular weight excluding hydrogens is 362 g/mol. The Bertz CT molecular complexity index is 817. The molecular formula is C16H19N3O6S. The van der Waals surface area contributed by atoms with E-state index >= 15 is 0 Å². The van der Waals surface area contributed by atoms with Crippen LogP contribution in [0.4, 0.5) is 4.79 Å². The first-order valence-corrected chi connectivity index (χ1v) is 9.28. The second-order valence-corrected chi connectivity index (χ2v) is 7.26. The summed E-state index contributed by atoms with van der Waals surface area (Å²) in [5.41, 5.74) is -0.0208. The second-order valence-electron chi connectivity index (χ2n) is 5.55. The van der Waals surface area contributed by atoms with E-state index in [1.807, 2.05) is 5.32 Å². The van der Waals surface area contributed by atoms with Crippen molar-refractivity contribution in [1.29, 1.82) is 0 Å². The molecule has 0 radical (unpaired) electrons. The molecule has 1 aromatic carbocycles. The third-order valence-electron chi connectivity index (χ3n) is 3.27. The number of hydrogen-bond donors (Lipinski definition) is 3. The van der Waals surface area contributed by atoms with Crippen molar-refractivity contribution in [1.82, 2.24) is 15.4 Å². The van der Waals surface area contributed by atoms with E-state index in [-0.39, 0.29) is 23.0 Å². The quantitative estimate of drug-likeness (QED) is 0.438. The minimum Gasteiger partial charge on any atom is -0.452 e. The van der Waals surface area contributed by atoms with Gasteiger partial charge in [0.15, 0.2) is 6.61 Å². The monoisotopic (exact) mass is 381 g/mol. The third kappa shape index (κ3) is 5.97. The molecule has 0 atom stereocenters. The predicted octanol–water partition coefficient (Wildman–Crippen LogP) is 0.296. The molecule has 2 rings (SSSR count). The summed E-state index contributed by atoms with van der Waals surface area (Å²) >= 11 is 0. The number of rotatable bonds is 8. The van der Waals surface area contributed by atoms with Crippen molar-refractivity contribution in [2.24, 2.45) is 0 Å². The summed E-state index contributed by atoms with van der Waals surface area (Å²) in [5.74, 6) is -1.70. The Hall–Kier alpha value is -2.72. The predicted molar refractivity (Wildman–Crippen MR) is 91.8 cm³/mol. The lowest BCUT2D eigenvalue weighted by Gasteiger charge is -2.08. The number of carbonyl (C=O) groups excluding carboxylic acids is 3. The normalized spacial score (nSPS) is 13.5. The van der Waals surface area contributed by atoms with Gasteiger partial charge in [0.25, 0.3) is 5.91 Å². The molecule has 1 aliphatic rings. The van der Waals surface area contributed by atoms with Crippen molar-refractivity contribution in [3.8, 4) is 0 Å². The van der Waals surface area contributed by atoms with Crippen LogP contribution in [0.3, 0.4) is 0 Å². The summed E-state index contributed by atoms with van der Waals surface area (Å²) in [7, 11) is -3.71. The average Bonchev–Trinajstić information content (AvgIpc) is 3.41. The summed E-state index contributed by atoms with van der Waals surface area (Å²) in [6.45, 7) is 2.90. The average molecular weight is 381 g/mol. The summed E-state index contributed by atoms with van der Waals surface area (Å²) in [6.07, 6.45) is 3.01. The lowest BCUT2D eigenvalue weighted by molar-refractivity contribution is -0.123. The molecule has 1 fully saturated rings. The van der Waals surface area contributed by atoms with E-state index < -0.39 is 34.5 Å². The van der Waals surface area contributed by atoms with Gasteiger partial charge in [-0.1, -0.05) is 12.1 Å². The largest absolute Gasteiger partial charge is 0.452 e. The number of imide groups is 1. The molecule has 140 valence electrons. The second kappa shape index (κ2) is 8.59. The highest BCUT2D eigenvalue weighted by Gasteiger charge is 2.28. The standard InChI is InChI=1S/C16H19N3O6S/c1-2-8-17-16(22)18-14(20)10-25-15(21)11-4-3-5-13(9-11)26(23,24)19-12-6-7-12/h2-5,9,12,19H,1,6-8,10H2,(H2,17,18,20,22). The van der Waals surface area contributed by atoms with Gasteiger partial charge in [-0.25, -0.2) is 22.7 Å². The maximum atomic E-state index is 12.2. The number of nitrogens with one attached hydrogen (secondary N) is 3. The van der Waals surface area contributed by atoms with E-state index in [0.717, 1.165) is 12.8 Å². The van der Waals surface area contributed by atoms with Crippen LogP contribution >= 0.6 is 0 Å². The van der Waals surface area contributed by atoms with E-state index in [1.54, 1.807) is 0 Å². The Morgan fingerprint density at radius 3 is 2.65 bits per heavy atom. The number of benzene rings is 1. The van der Waals surface area contributed by atoms with Crippen LogP contribution in [0.25, 0.3) is 0 Å². The van der Waals surface area contributed by atoms with Gasteiger partial charge >= 0.3 is 12.0 Å². The van der Waals surface area contributed by atoms with Gasteiger partial charge in [0, 0.05) is 12.6 Å². The van der Waals surface area contributed by atoms with Crippen LogP contribution in [-0.2, 0) is 19.6 Å². The van der Waals surface area contributed by atoms with Gasteiger partial charge in [-0.05, 0) is 31.0 Å². The van der Waals surface area contributed by atoms with E-state index in [2.05, 4.69) is 16.6 Å². The van der Waals surface area contributed by atoms with Crippen molar-refractivity contribution in [2.45, 2.75) is 23.8 Å². The fourth-order valence-electron chi connectivity index (χ4n) is 1.87. The van der Waals surface area contributed by atoms with Crippen LogP contribution < -0.4 is 15.4 Å². The van der Waals surface area contributed by atoms with E-state index in [4.69, 9.17) is 4.74 Å². The number of ether oxygens (including phenoxy) is 1. The molecule has 0 aromatic heterocycles. The van der Waals surface area contributed by atoms with Crippen LogP contribution in [-0.4, -0.2) is 45.5 Å². The van der Waals surface area contributed by atoms with Gasteiger partial charge in [-0.2, -0.15) is 0 Å². The van der Waals surface area contributed by atoms with E-state index in [9.17, 15) is 22.8 Å². The molecule has 3 N–H and O–H groups in total. The van der Waals surface area contributed by atoms with Crippen molar-refractivity contribution in [2.75, 3.05) is 13.2 Å². The van der Waals surface area contributed by atoms with Crippen LogP contribution in [0, 0.1) is 0 Å². The summed E-state index contributed by atoms with van der Waals surface area (Å²) in [4.78, 5) is 34.7. The first-order chi connectivity index (χ1) is 12.3. The number of sulfonamides is 1. The van der Waals surface area contributed by atoms with Crippen LogP contribution in [0.2, 0.25) is 0 Å². The Morgan fingerprint density at radius 1 is 1.27 bits per heavy atom. The summed E-state index contributed by atoms with van der Waals surface area (Å²) in [6, 6.07) is 4.49. The maximum Gasteiger partial charge on any atom is 0.338 e. The molecule has 0 bridgehead atoms. The minimum atomic E-state index is -3.71. The van der Waals surface area contributed by atoms with Crippen molar-refractivity contribution >= 4 is 27.9 Å². The zero-order chi connectivity index (χ0) is 19.2. The molecule has 9 nitrogen and oxygen atoms in total. The highest BCUT2D eigenvalue weighted by molar-refractivity contribution is 7.89. The Labute approximate surface area is 150 Å². The van der Waals surface area contributed by atoms with Crippen molar-refractivity contribution < 1.29 is 27.5 Å². The van der Waals surface area contributed by atoms with Gasteiger partial charge in [0.2, 0.25) is 10.0 Å². The molecule has 1 aliphatic carbocycles. The van der Waals surface area contributed by atoms with Crippen molar-refractivity contribution in [3.05, 3.63) is 42.5 Å². The molecule has 0 saturated heterocycles. The third-order valence-corrected chi connectivity index (χ3v) is 4.79. The number of hydrogen-bond acceptors (Lipinski definition) is 6. The van der Waals surface area contributed by atoms with E-state index in [0.29, 0.717) is 0 Å². The Kier molecular flexibility index (Phi) is 6.47. The van der Waals surface area contributed by atoms with Gasteiger partial charge in [0.05, 0.1) is 10.5 Å². The zero-order valence-corrected chi connectivity index (χ0v) is 14.7. The van der Waals surface area contributed by atoms with Gasteiger partial charge in [0.1, 0.15) is 0 Å². The van der Waals surface area contributed by atoms with Crippen molar-refractivity contribution in [3.63, 3.8) is 0 Å². The Balaban J connectivity index is 1.91. The first kappa shape index (κ1) is 19.6. The van der Waals surface area contributed by atoms with Gasteiger partial charge < -0.3 is 10.1 Å². The summed E-state index contributed by atoms with van der Waals surface area (Å²) < 4.78 is 31.6. The molecule has 1 saturated carbocycles. The van der Waals surface area contributed by atoms with Crippen LogP contribution in [0.5, 0.6) is 0 Å². The van der Waals surface area contributed by atoms with Crippen LogP contribution in [0.15, 0.2) is 41.8 Å². The van der Waals surface area contributed by atoms with E-state index in [1.165, 1.54) is 30.3 Å². The van der Waals surface area contributed by atoms with Crippen LogP contribution in [0.1, 0.15) is 23.2 Å². The zero-order valence-electron chi connectivity index (χ0n) is 13.9. The SMILES string of the molecule is C=CCNC(=O)NC(=O)COC(=O)c1cccc(S(=O)(=O)NC2CC2)c1. The molecule has 3 amide bonds. The summed E-state index contributed by atoms with van der Waals surface area (Å²) in [5, 5.41) is 4.29. The number of esters is 1. The highest BCUT2D eigenvalue weighted by atomic mass is 32.2. The number of urea groups is 1. The highest BCUT2D eigenvalue weighted by Crippen LogP contribution is 2.22. The lowest BCUT2D eigenvalue weighted by atomic mass is 10.2. The van der Waals surface area contributed by atoms with Gasteiger partial charge in [-0.15, -0.1) is 6.58 Å². The molecule has 0 aliphatic heterocycles. The lowest BCUT2D eigenvalue weighted by Crippen LogP contribution is -2.41. The fourth-order valence-corrected chi connectivity index (χ4v) is 3.22. The number of carbonyl (C=O) groups is 3. The molecule has 26 heavy (non-hydrogen) atoms. The Morgan fingerprint density at radius 2 is 2.00 bits per heavy atom. The molecule has 1 aromatic rings. The topological polar surface area (TPSA) is 131 Å². The first-order valence-electron chi connectivity index (χ1n) is 7.80. The molecule has 0 spiro atoms. The molecule has 0 unspecified atom stereocenters. The minimum absolute atomic E-state index is 0.0208. The smallest absolute Gasteiger partial charge is 0.338 e. The maximum absolute atomic E-state index is 12.2. The fraction of sp³-hybridized carbons (Fsp3) is 0.312.